The van der Waals surface area contributed by atoms with E-state index < -0.39 is 73.4 Å². The first-order valence-corrected chi connectivity index (χ1v) is 20.3. The van der Waals surface area contributed by atoms with Crippen molar-refractivity contribution in [2.75, 3.05) is 39.6 Å². The number of esters is 2. The zero-order valence-electron chi connectivity index (χ0n) is 29.2. The third-order valence-electron chi connectivity index (χ3n) is 9.88. The molecule has 0 aromatic heterocycles. The van der Waals surface area contributed by atoms with Crippen LogP contribution in [0.4, 0.5) is 0 Å². The molecule has 4 aliphatic rings. The number of allylic oxidation sites excluding steroid dienone is 2. The molecule has 2 bridgehead atoms. The highest BCUT2D eigenvalue weighted by atomic mass is 32.2. The number of benzene rings is 2. The zero-order valence-corrected chi connectivity index (χ0v) is 30.8. The predicted octanol–water partition coefficient (Wildman–Crippen LogP) is 2.09. The van der Waals surface area contributed by atoms with Crippen LogP contribution in [0.1, 0.15) is 53.3 Å². The van der Waals surface area contributed by atoms with Crippen LogP contribution in [0, 0.1) is 29.6 Å². The molecule has 2 aliphatic heterocycles. The number of nitrogens with zero attached hydrogens (tertiary/aromatic N) is 2. The van der Waals surface area contributed by atoms with Gasteiger partial charge in [-0.25, -0.2) is 26.4 Å². The van der Waals surface area contributed by atoms with Gasteiger partial charge in [-0.2, -0.15) is 8.61 Å². The molecule has 0 spiro atoms. The molecular formula is C36H38N2O14S2. The van der Waals surface area contributed by atoms with Crippen LogP contribution in [0.5, 0.6) is 0 Å². The molecule has 18 heteroatoms. The maximum atomic E-state index is 13.2. The number of carbonyl (C=O) groups excluding carboxylic acids is 6. The molecule has 2 heterocycles. The van der Waals surface area contributed by atoms with Gasteiger partial charge < -0.3 is 18.9 Å². The average Bonchev–Trinajstić information content (AvgIpc) is 3.92. The minimum Gasteiger partial charge on any atom is -0.460 e. The van der Waals surface area contributed by atoms with Crippen LogP contribution >= 0.6 is 0 Å². The van der Waals surface area contributed by atoms with Gasteiger partial charge in [-0.3, -0.25) is 19.2 Å². The zero-order chi connectivity index (χ0) is 38.8. The van der Waals surface area contributed by atoms with E-state index in [0.29, 0.717) is 27.9 Å². The van der Waals surface area contributed by atoms with Crippen molar-refractivity contribution in [1.82, 2.24) is 8.61 Å². The van der Waals surface area contributed by atoms with Crippen LogP contribution in [-0.2, 0) is 58.2 Å². The van der Waals surface area contributed by atoms with E-state index in [2.05, 4.69) is 0 Å². The molecule has 5 unspecified atom stereocenters. The van der Waals surface area contributed by atoms with Crippen molar-refractivity contribution >= 4 is 55.6 Å². The lowest BCUT2D eigenvalue weighted by atomic mass is 9.85. The molecule has 2 aliphatic carbocycles. The number of hydrogen-bond donors (Lipinski definition) is 0. The summed E-state index contributed by atoms with van der Waals surface area (Å²) in [6, 6.07) is 9.52. The molecule has 6 rings (SSSR count). The molecule has 16 nitrogen and oxygen atoms in total. The Morgan fingerprint density at radius 1 is 0.630 bits per heavy atom. The molecule has 54 heavy (non-hydrogen) atoms. The van der Waals surface area contributed by atoms with Crippen LogP contribution in [0.3, 0.4) is 0 Å². The predicted molar refractivity (Wildman–Crippen MR) is 184 cm³/mol. The number of amides is 4. The molecule has 288 valence electrons. The number of carbonyl (C=O) groups is 6. The third kappa shape index (κ3) is 7.47. The van der Waals surface area contributed by atoms with Gasteiger partial charge in [0.25, 0.3) is 20.0 Å². The van der Waals surface area contributed by atoms with Gasteiger partial charge in [0.2, 0.25) is 23.6 Å². The summed E-state index contributed by atoms with van der Waals surface area (Å²) in [5, 5.41) is 0. The molecule has 4 amide bonds. The van der Waals surface area contributed by atoms with Crippen molar-refractivity contribution in [1.29, 1.82) is 0 Å². The van der Waals surface area contributed by atoms with E-state index in [1.807, 2.05) is 12.2 Å². The fourth-order valence-corrected chi connectivity index (χ4v) is 9.94. The maximum absolute atomic E-state index is 13.2. The SMILES string of the molecule is CCC1CC(=O)N(S(=O)(=O)c2ccc(C(=O)OCCOCCCOCCOC(=O)c3ccc(S(=O)(=O)N4C(=O)C5C6C=CC(C6)C5C4=O)cc3)cc2)C1=O. The van der Waals surface area contributed by atoms with Gasteiger partial charge in [0.1, 0.15) is 13.2 Å². The summed E-state index contributed by atoms with van der Waals surface area (Å²) in [7, 11) is -8.83. The average molecular weight is 787 g/mol. The van der Waals surface area contributed by atoms with E-state index in [0.717, 1.165) is 24.3 Å². The summed E-state index contributed by atoms with van der Waals surface area (Å²) >= 11 is 0. The standard InChI is InChI=1S/C36H38N2O14S2/c1-2-22-21-29(39)37(32(22)40)53(45,46)27-10-6-23(7-11-27)35(43)51-18-16-49-14-3-15-50-17-19-52-36(44)24-8-12-28(13-9-24)54(47,48)38-33(41)30-25-4-5-26(20-25)31(30)34(38)42/h4-13,22,25-26,30-31H,2-3,14-21H2,1H3. The number of fused-ring (bicyclic) bond motifs is 5. The lowest BCUT2D eigenvalue weighted by Gasteiger charge is -2.17. The minimum atomic E-state index is -4.44. The van der Waals surface area contributed by atoms with E-state index in [9.17, 15) is 45.6 Å². The second-order valence-electron chi connectivity index (χ2n) is 13.2. The fraction of sp³-hybridized carbons (Fsp3) is 0.444. The maximum Gasteiger partial charge on any atom is 0.338 e. The van der Waals surface area contributed by atoms with Crippen molar-refractivity contribution in [3.05, 3.63) is 71.8 Å². The van der Waals surface area contributed by atoms with Crippen molar-refractivity contribution < 1.29 is 64.6 Å². The molecule has 2 aromatic carbocycles. The number of imide groups is 2. The summed E-state index contributed by atoms with van der Waals surface area (Å²) in [5.74, 6) is -6.64. The minimum absolute atomic E-state index is 0.0672. The highest BCUT2D eigenvalue weighted by Gasteiger charge is 2.62. The number of rotatable bonds is 17. The number of sulfonamides is 2. The number of ether oxygens (including phenoxy) is 4. The van der Waals surface area contributed by atoms with Crippen molar-refractivity contribution in [3.8, 4) is 0 Å². The molecule has 0 N–H and O–H groups in total. The molecule has 5 atom stereocenters. The van der Waals surface area contributed by atoms with Crippen LogP contribution in [-0.4, -0.2) is 101 Å². The van der Waals surface area contributed by atoms with E-state index in [4.69, 9.17) is 18.9 Å². The normalized spacial score (nSPS) is 23.4. The van der Waals surface area contributed by atoms with Gasteiger partial charge in [-0.1, -0.05) is 19.1 Å². The van der Waals surface area contributed by atoms with Crippen LogP contribution in [0.2, 0.25) is 0 Å². The molecular weight excluding hydrogens is 749 g/mol. The largest absolute Gasteiger partial charge is 0.460 e. The van der Waals surface area contributed by atoms with Gasteiger partial charge in [0.15, 0.2) is 0 Å². The molecule has 3 fully saturated rings. The highest BCUT2D eigenvalue weighted by Crippen LogP contribution is 2.53. The first kappa shape index (κ1) is 38.9. The van der Waals surface area contributed by atoms with E-state index >= 15 is 0 Å². The van der Waals surface area contributed by atoms with E-state index in [1.54, 1.807) is 6.92 Å². The third-order valence-corrected chi connectivity index (χ3v) is 13.3. The van der Waals surface area contributed by atoms with Crippen molar-refractivity contribution in [2.24, 2.45) is 29.6 Å². The van der Waals surface area contributed by atoms with Crippen molar-refractivity contribution in [3.63, 3.8) is 0 Å². The number of hydrogen-bond acceptors (Lipinski definition) is 14. The van der Waals surface area contributed by atoms with E-state index in [-0.39, 0.29) is 78.8 Å². The molecule has 2 aromatic rings. The first-order chi connectivity index (χ1) is 25.8. The van der Waals surface area contributed by atoms with E-state index in [1.165, 1.54) is 24.3 Å². The Kier molecular flexibility index (Phi) is 11.5. The van der Waals surface area contributed by atoms with Gasteiger partial charge in [0.05, 0.1) is 46.0 Å². The molecule has 1 saturated carbocycles. The Morgan fingerprint density at radius 2 is 1.07 bits per heavy atom. The Morgan fingerprint density at radius 3 is 1.50 bits per heavy atom. The van der Waals surface area contributed by atoms with Crippen LogP contribution in [0.25, 0.3) is 0 Å². The van der Waals surface area contributed by atoms with Gasteiger partial charge in [-0.05, 0) is 79.6 Å². The second kappa shape index (κ2) is 15.9. The Bertz CT molecular complexity index is 2050. The smallest absolute Gasteiger partial charge is 0.338 e. The molecule has 0 radical (unpaired) electrons. The molecule has 2 saturated heterocycles. The summed E-state index contributed by atoms with van der Waals surface area (Å²) in [5.41, 5.74) is 0.141. The van der Waals surface area contributed by atoms with Gasteiger partial charge in [0, 0.05) is 25.6 Å². The van der Waals surface area contributed by atoms with Gasteiger partial charge >= 0.3 is 11.9 Å². The summed E-state index contributed by atoms with van der Waals surface area (Å²) < 4.78 is 74.0. The highest BCUT2D eigenvalue weighted by molar-refractivity contribution is 7.90. The summed E-state index contributed by atoms with van der Waals surface area (Å²) in [6.07, 6.45) is 5.08. The Balaban J connectivity index is 0.830. The second-order valence-corrected chi connectivity index (χ2v) is 16.7. The Hall–Kier alpha value is -4.78. The van der Waals surface area contributed by atoms with Crippen LogP contribution in [0.15, 0.2) is 70.5 Å². The first-order valence-electron chi connectivity index (χ1n) is 17.4. The topological polar surface area (TPSA) is 214 Å². The van der Waals surface area contributed by atoms with Crippen LogP contribution < -0.4 is 0 Å². The Labute approximate surface area is 311 Å². The summed E-state index contributed by atoms with van der Waals surface area (Å²) in [6.45, 7) is 2.26. The lowest BCUT2D eigenvalue weighted by molar-refractivity contribution is -0.135. The van der Waals surface area contributed by atoms with Gasteiger partial charge in [-0.15, -0.1) is 0 Å². The quantitative estimate of drug-likeness (QED) is 0.0973. The van der Waals surface area contributed by atoms with Crippen molar-refractivity contribution in [2.45, 2.75) is 42.4 Å². The lowest BCUT2D eigenvalue weighted by Crippen LogP contribution is -2.38. The fourth-order valence-electron chi connectivity index (χ4n) is 7.11. The summed E-state index contributed by atoms with van der Waals surface area (Å²) in [4.78, 5) is 74.7. The monoisotopic (exact) mass is 786 g/mol.